The van der Waals surface area contributed by atoms with Gasteiger partial charge >= 0.3 is 0 Å². The van der Waals surface area contributed by atoms with Gasteiger partial charge in [0.05, 0.1) is 12.5 Å². The highest BCUT2D eigenvalue weighted by molar-refractivity contribution is 4.81. The van der Waals surface area contributed by atoms with Crippen LogP contribution in [0.25, 0.3) is 0 Å². The highest BCUT2D eigenvalue weighted by atomic mass is 14.9. The molecule has 1 N–H and O–H groups in total. The molecular formula is C13H26N2. The summed E-state index contributed by atoms with van der Waals surface area (Å²) in [7, 11) is 0. The number of nitrogens with one attached hydrogen (secondary N) is 1. The first kappa shape index (κ1) is 14.5. The molecule has 15 heavy (non-hydrogen) atoms. The average Bonchev–Trinajstić information content (AvgIpc) is 2.24. The van der Waals surface area contributed by atoms with Gasteiger partial charge < -0.3 is 5.32 Å². The number of nitrogens with zero attached hydrogens (tertiary/aromatic N) is 1. The Labute approximate surface area is 95.1 Å². The summed E-state index contributed by atoms with van der Waals surface area (Å²) >= 11 is 0. The minimum atomic E-state index is 0.385. The number of nitriles is 1. The van der Waals surface area contributed by atoms with Crippen molar-refractivity contribution >= 4 is 0 Å². The molecule has 0 bridgehead atoms. The van der Waals surface area contributed by atoms with Gasteiger partial charge in [-0.25, -0.2) is 0 Å². The lowest BCUT2D eigenvalue weighted by Crippen LogP contribution is -2.35. The van der Waals surface area contributed by atoms with E-state index in [4.69, 9.17) is 5.26 Å². The molecule has 0 fully saturated rings. The number of rotatable bonds is 9. The number of unbranched alkanes of at least 4 members (excludes halogenated alkanes) is 3. The van der Waals surface area contributed by atoms with Crippen molar-refractivity contribution in [1.29, 1.82) is 5.26 Å². The van der Waals surface area contributed by atoms with Gasteiger partial charge in [0.15, 0.2) is 0 Å². The van der Waals surface area contributed by atoms with E-state index >= 15 is 0 Å². The van der Waals surface area contributed by atoms with Crippen LogP contribution < -0.4 is 5.32 Å². The second-order valence-corrected chi connectivity index (χ2v) is 4.38. The topological polar surface area (TPSA) is 35.8 Å². The van der Waals surface area contributed by atoms with Crippen LogP contribution in [0.3, 0.4) is 0 Å². The molecule has 0 saturated carbocycles. The molecule has 0 spiro atoms. The van der Waals surface area contributed by atoms with E-state index in [2.05, 4.69) is 32.2 Å². The molecule has 2 unspecified atom stereocenters. The molecule has 2 nitrogen and oxygen atoms in total. The molecule has 0 radical (unpaired) electrons. The summed E-state index contributed by atoms with van der Waals surface area (Å²) in [6, 6.07) is 3.18. The first-order valence-corrected chi connectivity index (χ1v) is 6.37. The SMILES string of the molecule is CCCCCCC(C)NC(CC)CC#N. The van der Waals surface area contributed by atoms with Crippen molar-refractivity contribution in [2.24, 2.45) is 0 Å². The average molecular weight is 210 g/mol. The summed E-state index contributed by atoms with van der Waals surface area (Å²) in [6.45, 7) is 6.60. The maximum atomic E-state index is 8.64. The van der Waals surface area contributed by atoms with Crippen molar-refractivity contribution in [3.05, 3.63) is 0 Å². The molecule has 0 aromatic carbocycles. The Balaban J connectivity index is 3.53. The summed E-state index contributed by atoms with van der Waals surface area (Å²) in [5, 5.41) is 12.2. The normalized spacial score (nSPS) is 14.5. The van der Waals surface area contributed by atoms with Crippen LogP contribution in [0.5, 0.6) is 0 Å². The zero-order chi connectivity index (χ0) is 11.5. The minimum Gasteiger partial charge on any atom is -0.310 e. The Morgan fingerprint density at radius 3 is 2.47 bits per heavy atom. The van der Waals surface area contributed by atoms with E-state index in [1.807, 2.05) is 0 Å². The van der Waals surface area contributed by atoms with Gasteiger partial charge in [-0.05, 0) is 19.8 Å². The zero-order valence-corrected chi connectivity index (χ0v) is 10.6. The van der Waals surface area contributed by atoms with E-state index in [1.165, 1.54) is 32.1 Å². The maximum Gasteiger partial charge on any atom is 0.0638 e. The maximum absolute atomic E-state index is 8.64. The number of hydrogen-bond acceptors (Lipinski definition) is 2. The molecule has 2 atom stereocenters. The van der Waals surface area contributed by atoms with Gasteiger partial charge in [-0.3, -0.25) is 0 Å². The molecule has 0 saturated heterocycles. The van der Waals surface area contributed by atoms with Crippen LogP contribution in [0.1, 0.15) is 65.7 Å². The fourth-order valence-corrected chi connectivity index (χ4v) is 1.79. The van der Waals surface area contributed by atoms with Crippen molar-refractivity contribution in [2.45, 2.75) is 77.8 Å². The van der Waals surface area contributed by atoms with E-state index in [0.29, 0.717) is 18.5 Å². The minimum absolute atomic E-state index is 0.385. The first-order chi connectivity index (χ1) is 7.24. The standard InChI is InChI=1S/C13H26N2/c1-4-6-7-8-9-12(3)15-13(5-2)10-11-14/h12-13,15H,4-10H2,1-3H3. The molecule has 2 heteroatoms. The fraction of sp³-hybridized carbons (Fsp3) is 0.923. The molecular weight excluding hydrogens is 184 g/mol. The Morgan fingerprint density at radius 1 is 1.20 bits per heavy atom. The summed E-state index contributed by atoms with van der Waals surface area (Å²) < 4.78 is 0. The third-order valence-electron chi connectivity index (χ3n) is 2.84. The van der Waals surface area contributed by atoms with Crippen LogP contribution in [0.4, 0.5) is 0 Å². The van der Waals surface area contributed by atoms with Crippen LogP contribution >= 0.6 is 0 Å². The first-order valence-electron chi connectivity index (χ1n) is 6.37. The molecule has 0 aromatic heterocycles. The van der Waals surface area contributed by atoms with E-state index in [-0.39, 0.29) is 0 Å². The van der Waals surface area contributed by atoms with Gasteiger partial charge in [0.2, 0.25) is 0 Å². The lowest BCUT2D eigenvalue weighted by molar-refractivity contribution is 0.409. The van der Waals surface area contributed by atoms with E-state index in [1.54, 1.807) is 0 Å². The smallest absolute Gasteiger partial charge is 0.0638 e. The summed E-state index contributed by atoms with van der Waals surface area (Å²) in [5.41, 5.74) is 0. The van der Waals surface area contributed by atoms with Gasteiger partial charge in [0, 0.05) is 12.1 Å². The highest BCUT2D eigenvalue weighted by Crippen LogP contribution is 2.07. The second-order valence-electron chi connectivity index (χ2n) is 4.38. The van der Waals surface area contributed by atoms with Crippen LogP contribution in [-0.2, 0) is 0 Å². The summed E-state index contributed by atoms with van der Waals surface area (Å²) in [4.78, 5) is 0. The van der Waals surface area contributed by atoms with Gasteiger partial charge in [-0.2, -0.15) is 5.26 Å². The Morgan fingerprint density at radius 2 is 1.93 bits per heavy atom. The lowest BCUT2D eigenvalue weighted by Gasteiger charge is -2.20. The van der Waals surface area contributed by atoms with Crippen LogP contribution in [0, 0.1) is 11.3 Å². The Kier molecular flexibility index (Phi) is 9.62. The van der Waals surface area contributed by atoms with Crippen molar-refractivity contribution in [1.82, 2.24) is 5.32 Å². The number of hydrogen-bond donors (Lipinski definition) is 1. The van der Waals surface area contributed by atoms with Crippen LogP contribution in [0.15, 0.2) is 0 Å². The molecule has 0 aromatic rings. The van der Waals surface area contributed by atoms with Gasteiger partial charge in [0.1, 0.15) is 0 Å². The molecule has 0 heterocycles. The molecule has 0 aliphatic carbocycles. The quantitative estimate of drug-likeness (QED) is 0.590. The molecule has 0 amide bonds. The van der Waals surface area contributed by atoms with Gasteiger partial charge in [0.25, 0.3) is 0 Å². The van der Waals surface area contributed by atoms with Gasteiger partial charge in [-0.15, -0.1) is 0 Å². The molecule has 0 aliphatic rings. The summed E-state index contributed by atoms with van der Waals surface area (Å²) in [6.07, 6.45) is 8.23. The van der Waals surface area contributed by atoms with Crippen molar-refractivity contribution in [2.75, 3.05) is 0 Å². The predicted molar refractivity (Wildman–Crippen MR) is 65.7 cm³/mol. The van der Waals surface area contributed by atoms with Crippen LogP contribution in [0.2, 0.25) is 0 Å². The van der Waals surface area contributed by atoms with Crippen LogP contribution in [-0.4, -0.2) is 12.1 Å². The van der Waals surface area contributed by atoms with Crippen molar-refractivity contribution in [3.63, 3.8) is 0 Å². The molecule has 0 rings (SSSR count). The van der Waals surface area contributed by atoms with Crippen molar-refractivity contribution in [3.8, 4) is 6.07 Å². The van der Waals surface area contributed by atoms with E-state index in [0.717, 1.165) is 6.42 Å². The van der Waals surface area contributed by atoms with Crippen molar-refractivity contribution < 1.29 is 0 Å². The molecule has 88 valence electrons. The third-order valence-corrected chi connectivity index (χ3v) is 2.84. The Bertz CT molecular complexity index is 172. The monoisotopic (exact) mass is 210 g/mol. The molecule has 0 aliphatic heterocycles. The fourth-order valence-electron chi connectivity index (χ4n) is 1.79. The highest BCUT2D eigenvalue weighted by Gasteiger charge is 2.09. The van der Waals surface area contributed by atoms with Gasteiger partial charge in [-0.1, -0.05) is 39.5 Å². The van der Waals surface area contributed by atoms with E-state index in [9.17, 15) is 0 Å². The predicted octanol–water partition coefficient (Wildman–Crippen LogP) is 3.63. The third kappa shape index (κ3) is 8.44. The second kappa shape index (κ2) is 9.98. The summed E-state index contributed by atoms with van der Waals surface area (Å²) in [5.74, 6) is 0. The van der Waals surface area contributed by atoms with E-state index < -0.39 is 0 Å². The zero-order valence-electron chi connectivity index (χ0n) is 10.6. The largest absolute Gasteiger partial charge is 0.310 e. The lowest BCUT2D eigenvalue weighted by atomic mass is 10.1. The Hall–Kier alpha value is -0.550.